The monoisotopic (exact) mass is 141 g/mol. The SMILES string of the molecule is C1CC2(CCOCC2)CN1. The molecule has 0 atom stereocenters. The van der Waals surface area contributed by atoms with Crippen LogP contribution in [0.3, 0.4) is 0 Å². The van der Waals surface area contributed by atoms with Crippen LogP contribution in [0.1, 0.15) is 19.3 Å². The summed E-state index contributed by atoms with van der Waals surface area (Å²) in [5.74, 6) is 0. The van der Waals surface area contributed by atoms with Crippen LogP contribution in [-0.4, -0.2) is 26.3 Å². The number of rotatable bonds is 0. The molecule has 0 aliphatic carbocycles. The lowest BCUT2D eigenvalue weighted by molar-refractivity contribution is 0.0246. The van der Waals surface area contributed by atoms with Gasteiger partial charge in [-0.3, -0.25) is 0 Å². The summed E-state index contributed by atoms with van der Waals surface area (Å²) in [6.07, 6.45) is 3.93. The minimum Gasteiger partial charge on any atom is -0.381 e. The summed E-state index contributed by atoms with van der Waals surface area (Å²) in [5.41, 5.74) is 0.637. The van der Waals surface area contributed by atoms with Gasteiger partial charge in [0, 0.05) is 19.8 Å². The van der Waals surface area contributed by atoms with Crippen LogP contribution >= 0.6 is 0 Å². The van der Waals surface area contributed by atoms with Gasteiger partial charge in [0.25, 0.3) is 0 Å². The minimum absolute atomic E-state index is 0.637. The number of ether oxygens (including phenoxy) is 1. The topological polar surface area (TPSA) is 21.3 Å². The van der Waals surface area contributed by atoms with Gasteiger partial charge in [-0.05, 0) is 31.2 Å². The molecule has 0 aromatic rings. The van der Waals surface area contributed by atoms with E-state index in [9.17, 15) is 0 Å². The second kappa shape index (κ2) is 2.51. The van der Waals surface area contributed by atoms with Crippen molar-refractivity contribution >= 4 is 0 Å². The standard InChI is InChI=1S/C8H15NO/c1-4-9-7-8(1)2-5-10-6-3-8/h9H,1-7H2. The molecule has 2 fully saturated rings. The molecule has 2 nitrogen and oxygen atoms in total. The van der Waals surface area contributed by atoms with E-state index in [1.54, 1.807) is 0 Å². The van der Waals surface area contributed by atoms with Crippen molar-refractivity contribution in [3.8, 4) is 0 Å². The Morgan fingerprint density at radius 3 is 2.50 bits per heavy atom. The average Bonchev–Trinajstić information content (AvgIpc) is 2.39. The molecule has 0 saturated carbocycles. The molecular formula is C8H15NO. The van der Waals surface area contributed by atoms with E-state index in [2.05, 4.69) is 5.32 Å². The fourth-order valence-corrected chi connectivity index (χ4v) is 2.03. The molecule has 58 valence electrons. The van der Waals surface area contributed by atoms with E-state index in [-0.39, 0.29) is 0 Å². The lowest BCUT2D eigenvalue weighted by atomic mass is 9.80. The van der Waals surface area contributed by atoms with Gasteiger partial charge in [0.15, 0.2) is 0 Å². The van der Waals surface area contributed by atoms with Gasteiger partial charge in [0.1, 0.15) is 0 Å². The second-order valence-electron chi connectivity index (χ2n) is 3.54. The molecule has 0 amide bonds. The third kappa shape index (κ3) is 1.06. The van der Waals surface area contributed by atoms with Gasteiger partial charge < -0.3 is 10.1 Å². The quantitative estimate of drug-likeness (QED) is 0.538. The zero-order valence-corrected chi connectivity index (χ0v) is 6.36. The van der Waals surface area contributed by atoms with E-state index in [1.165, 1.54) is 32.4 Å². The number of hydrogen-bond donors (Lipinski definition) is 1. The summed E-state index contributed by atoms with van der Waals surface area (Å²) in [5, 5.41) is 3.43. The zero-order valence-electron chi connectivity index (χ0n) is 6.36. The Kier molecular flexibility index (Phi) is 1.66. The molecule has 0 aromatic heterocycles. The normalized spacial score (nSPS) is 31.2. The van der Waals surface area contributed by atoms with Gasteiger partial charge in [-0.15, -0.1) is 0 Å². The molecular weight excluding hydrogens is 126 g/mol. The zero-order chi connectivity index (χ0) is 6.86. The lowest BCUT2D eigenvalue weighted by Gasteiger charge is -2.32. The summed E-state index contributed by atoms with van der Waals surface area (Å²) >= 11 is 0. The van der Waals surface area contributed by atoms with Crippen molar-refractivity contribution in [3.05, 3.63) is 0 Å². The van der Waals surface area contributed by atoms with Gasteiger partial charge in [-0.2, -0.15) is 0 Å². The molecule has 2 aliphatic rings. The molecule has 0 aromatic carbocycles. The van der Waals surface area contributed by atoms with Crippen molar-refractivity contribution in [3.63, 3.8) is 0 Å². The first kappa shape index (κ1) is 6.62. The molecule has 2 rings (SSSR count). The Hall–Kier alpha value is -0.0800. The van der Waals surface area contributed by atoms with E-state index < -0.39 is 0 Å². The fraction of sp³-hybridized carbons (Fsp3) is 1.00. The van der Waals surface area contributed by atoms with Gasteiger partial charge in [-0.1, -0.05) is 0 Å². The highest BCUT2D eigenvalue weighted by atomic mass is 16.5. The van der Waals surface area contributed by atoms with E-state index in [0.29, 0.717) is 5.41 Å². The van der Waals surface area contributed by atoms with Crippen molar-refractivity contribution in [2.75, 3.05) is 26.3 Å². The van der Waals surface area contributed by atoms with Crippen LogP contribution in [0.2, 0.25) is 0 Å². The van der Waals surface area contributed by atoms with Gasteiger partial charge in [0.2, 0.25) is 0 Å². The lowest BCUT2D eigenvalue weighted by Crippen LogP contribution is -2.31. The summed E-state index contributed by atoms with van der Waals surface area (Å²) in [6.45, 7) is 4.43. The molecule has 10 heavy (non-hydrogen) atoms. The molecule has 1 spiro atoms. The molecule has 2 aliphatic heterocycles. The molecule has 0 bridgehead atoms. The predicted octanol–water partition coefficient (Wildman–Crippen LogP) is 0.776. The molecule has 2 saturated heterocycles. The Morgan fingerprint density at radius 2 is 1.90 bits per heavy atom. The van der Waals surface area contributed by atoms with Gasteiger partial charge in [-0.25, -0.2) is 0 Å². The van der Waals surface area contributed by atoms with Crippen LogP contribution in [0, 0.1) is 5.41 Å². The van der Waals surface area contributed by atoms with E-state index >= 15 is 0 Å². The first-order valence-electron chi connectivity index (χ1n) is 4.20. The Balaban J connectivity index is 1.98. The van der Waals surface area contributed by atoms with Crippen LogP contribution in [0.5, 0.6) is 0 Å². The van der Waals surface area contributed by atoms with Crippen LogP contribution < -0.4 is 5.32 Å². The summed E-state index contributed by atoms with van der Waals surface area (Å²) in [4.78, 5) is 0. The minimum atomic E-state index is 0.637. The maximum absolute atomic E-state index is 5.33. The van der Waals surface area contributed by atoms with Crippen molar-refractivity contribution in [1.29, 1.82) is 0 Å². The Morgan fingerprint density at radius 1 is 1.10 bits per heavy atom. The van der Waals surface area contributed by atoms with Crippen LogP contribution in [0.25, 0.3) is 0 Å². The van der Waals surface area contributed by atoms with Gasteiger partial charge >= 0.3 is 0 Å². The Bertz CT molecular complexity index is 110. The first-order valence-corrected chi connectivity index (χ1v) is 4.20. The van der Waals surface area contributed by atoms with Crippen LogP contribution in [-0.2, 0) is 4.74 Å². The highest BCUT2D eigenvalue weighted by Gasteiger charge is 2.34. The Labute approximate surface area is 61.9 Å². The highest BCUT2D eigenvalue weighted by molar-refractivity contribution is 4.89. The van der Waals surface area contributed by atoms with Crippen molar-refractivity contribution in [1.82, 2.24) is 5.32 Å². The average molecular weight is 141 g/mol. The highest BCUT2D eigenvalue weighted by Crippen LogP contribution is 2.35. The van der Waals surface area contributed by atoms with Crippen molar-refractivity contribution in [2.24, 2.45) is 5.41 Å². The summed E-state index contributed by atoms with van der Waals surface area (Å²) in [6, 6.07) is 0. The third-order valence-corrected chi connectivity index (χ3v) is 2.89. The smallest absolute Gasteiger partial charge is 0.0471 e. The van der Waals surface area contributed by atoms with Crippen LogP contribution in [0.15, 0.2) is 0 Å². The second-order valence-corrected chi connectivity index (χ2v) is 3.54. The predicted molar refractivity (Wildman–Crippen MR) is 40.0 cm³/mol. The first-order chi connectivity index (χ1) is 4.91. The number of nitrogens with one attached hydrogen (secondary N) is 1. The molecule has 0 unspecified atom stereocenters. The molecule has 2 heterocycles. The van der Waals surface area contributed by atoms with Crippen molar-refractivity contribution < 1.29 is 4.74 Å². The third-order valence-electron chi connectivity index (χ3n) is 2.89. The van der Waals surface area contributed by atoms with E-state index in [4.69, 9.17) is 4.74 Å². The number of hydrogen-bond acceptors (Lipinski definition) is 2. The van der Waals surface area contributed by atoms with Crippen molar-refractivity contribution in [2.45, 2.75) is 19.3 Å². The largest absolute Gasteiger partial charge is 0.381 e. The maximum atomic E-state index is 5.33. The molecule has 2 heteroatoms. The van der Waals surface area contributed by atoms with E-state index in [0.717, 1.165) is 13.2 Å². The molecule has 0 radical (unpaired) electrons. The maximum Gasteiger partial charge on any atom is 0.0471 e. The van der Waals surface area contributed by atoms with Crippen LogP contribution in [0.4, 0.5) is 0 Å². The molecule has 1 N–H and O–H groups in total. The summed E-state index contributed by atoms with van der Waals surface area (Å²) < 4.78 is 5.33. The van der Waals surface area contributed by atoms with E-state index in [1.807, 2.05) is 0 Å². The van der Waals surface area contributed by atoms with Gasteiger partial charge in [0.05, 0.1) is 0 Å². The summed E-state index contributed by atoms with van der Waals surface area (Å²) in [7, 11) is 0. The fourth-order valence-electron chi connectivity index (χ4n) is 2.03.